The van der Waals surface area contributed by atoms with Crippen molar-refractivity contribution in [2.45, 2.75) is 38.1 Å². The van der Waals surface area contributed by atoms with E-state index in [9.17, 15) is 4.79 Å². The lowest BCUT2D eigenvalue weighted by molar-refractivity contribution is -0.129. The number of hydrogen-bond donors (Lipinski definition) is 1. The summed E-state index contributed by atoms with van der Waals surface area (Å²) in [5.41, 5.74) is 0.291. The molecular formula is C16H31N3O2. The lowest BCUT2D eigenvalue weighted by Crippen LogP contribution is -2.48. The van der Waals surface area contributed by atoms with Gasteiger partial charge in [-0.1, -0.05) is 0 Å². The quantitative estimate of drug-likeness (QED) is 0.724. The summed E-state index contributed by atoms with van der Waals surface area (Å²) >= 11 is 0. The molecule has 1 saturated carbocycles. The van der Waals surface area contributed by atoms with Crippen molar-refractivity contribution < 1.29 is 9.53 Å². The highest BCUT2D eigenvalue weighted by Crippen LogP contribution is 2.32. The molecule has 1 aliphatic heterocycles. The number of carbonyl (C=O) groups is 1. The van der Waals surface area contributed by atoms with Gasteiger partial charge in [0.15, 0.2) is 0 Å². The second kappa shape index (κ2) is 7.56. The van der Waals surface area contributed by atoms with E-state index in [0.29, 0.717) is 11.8 Å². The monoisotopic (exact) mass is 297 g/mol. The van der Waals surface area contributed by atoms with Crippen molar-refractivity contribution >= 4 is 5.91 Å². The lowest BCUT2D eigenvalue weighted by Gasteiger charge is -2.41. The Morgan fingerprint density at radius 2 is 2.00 bits per heavy atom. The lowest BCUT2D eigenvalue weighted by atomic mass is 9.79. The summed E-state index contributed by atoms with van der Waals surface area (Å²) in [6.45, 7) is 4.97. The zero-order chi connectivity index (χ0) is 15.3. The van der Waals surface area contributed by atoms with Gasteiger partial charge in [-0.15, -0.1) is 0 Å². The Hall–Kier alpha value is -0.650. The summed E-state index contributed by atoms with van der Waals surface area (Å²) in [7, 11) is 5.46. The average Bonchev–Trinajstić information content (AvgIpc) is 3.29. The van der Waals surface area contributed by atoms with Gasteiger partial charge in [-0.05, 0) is 38.8 Å². The van der Waals surface area contributed by atoms with Gasteiger partial charge in [0, 0.05) is 52.2 Å². The van der Waals surface area contributed by atoms with Gasteiger partial charge in [0.2, 0.25) is 5.91 Å². The number of likely N-dealkylation sites (tertiary alicyclic amines) is 1. The standard InChI is InChI=1S/C16H31N3O2/c1-18(2)15(20)6-9-19-10-7-16(8-11-19,13-21-3)12-17-14-4-5-14/h14,17H,4-13H2,1-3H3. The summed E-state index contributed by atoms with van der Waals surface area (Å²) in [4.78, 5) is 15.8. The van der Waals surface area contributed by atoms with Crippen LogP contribution in [0.15, 0.2) is 0 Å². The first-order valence-corrected chi connectivity index (χ1v) is 8.19. The van der Waals surface area contributed by atoms with Crippen LogP contribution in [0.5, 0.6) is 0 Å². The zero-order valence-corrected chi connectivity index (χ0v) is 13.9. The molecule has 5 nitrogen and oxygen atoms in total. The minimum Gasteiger partial charge on any atom is -0.384 e. The van der Waals surface area contributed by atoms with E-state index in [4.69, 9.17) is 4.74 Å². The maximum Gasteiger partial charge on any atom is 0.223 e. The van der Waals surface area contributed by atoms with Crippen molar-refractivity contribution in [2.75, 3.05) is 54.0 Å². The molecule has 0 spiro atoms. The molecule has 1 saturated heterocycles. The molecule has 122 valence electrons. The Labute approximate surface area is 129 Å². The summed E-state index contributed by atoms with van der Waals surface area (Å²) in [6, 6.07) is 0.759. The average molecular weight is 297 g/mol. The van der Waals surface area contributed by atoms with Gasteiger partial charge < -0.3 is 19.9 Å². The third-order valence-electron chi connectivity index (χ3n) is 4.85. The molecule has 5 heteroatoms. The van der Waals surface area contributed by atoms with Crippen molar-refractivity contribution in [2.24, 2.45) is 5.41 Å². The Morgan fingerprint density at radius 1 is 1.33 bits per heavy atom. The second-order valence-electron chi connectivity index (χ2n) is 6.97. The molecule has 2 aliphatic rings. The van der Waals surface area contributed by atoms with E-state index in [-0.39, 0.29) is 5.91 Å². The number of piperidine rings is 1. The highest BCUT2D eigenvalue weighted by Gasteiger charge is 2.36. The van der Waals surface area contributed by atoms with Gasteiger partial charge in [-0.2, -0.15) is 0 Å². The van der Waals surface area contributed by atoms with Crippen LogP contribution in [-0.2, 0) is 9.53 Å². The van der Waals surface area contributed by atoms with Crippen LogP contribution in [0.4, 0.5) is 0 Å². The van der Waals surface area contributed by atoms with Crippen LogP contribution < -0.4 is 5.32 Å². The van der Waals surface area contributed by atoms with Crippen LogP contribution in [0, 0.1) is 5.41 Å². The summed E-state index contributed by atoms with van der Waals surface area (Å²) in [6.07, 6.45) is 5.63. The molecule has 0 atom stereocenters. The topological polar surface area (TPSA) is 44.8 Å². The van der Waals surface area contributed by atoms with Crippen LogP contribution in [0.2, 0.25) is 0 Å². The number of nitrogens with zero attached hydrogens (tertiary/aromatic N) is 2. The summed E-state index contributed by atoms with van der Waals surface area (Å²) < 4.78 is 5.48. The van der Waals surface area contributed by atoms with Crippen LogP contribution in [0.25, 0.3) is 0 Å². The first kappa shape index (κ1) is 16.7. The molecule has 0 aromatic rings. The first-order valence-electron chi connectivity index (χ1n) is 8.19. The SMILES string of the molecule is COCC1(CNC2CC2)CCN(CCC(=O)N(C)C)CC1. The Kier molecular flexibility index (Phi) is 6.02. The van der Waals surface area contributed by atoms with Gasteiger partial charge in [0.05, 0.1) is 6.61 Å². The van der Waals surface area contributed by atoms with Gasteiger partial charge in [-0.25, -0.2) is 0 Å². The molecule has 0 aromatic heterocycles. The predicted molar refractivity (Wildman–Crippen MR) is 84.3 cm³/mol. The maximum atomic E-state index is 11.7. The third-order valence-corrected chi connectivity index (χ3v) is 4.85. The number of carbonyl (C=O) groups excluding carboxylic acids is 1. The molecule has 2 fully saturated rings. The first-order chi connectivity index (χ1) is 10.0. The molecule has 1 aliphatic carbocycles. The van der Waals surface area contributed by atoms with Crippen molar-refractivity contribution in [3.8, 4) is 0 Å². The molecule has 0 bridgehead atoms. The van der Waals surface area contributed by atoms with E-state index in [1.807, 2.05) is 14.1 Å². The van der Waals surface area contributed by atoms with Gasteiger partial charge in [-0.3, -0.25) is 4.79 Å². The molecule has 0 radical (unpaired) electrons. The van der Waals surface area contributed by atoms with Gasteiger partial charge in [0.25, 0.3) is 0 Å². The molecule has 1 N–H and O–H groups in total. The molecule has 1 heterocycles. The molecule has 0 unspecified atom stereocenters. The maximum absolute atomic E-state index is 11.7. The van der Waals surface area contributed by atoms with E-state index < -0.39 is 0 Å². The minimum atomic E-state index is 0.221. The van der Waals surface area contributed by atoms with E-state index in [1.165, 1.54) is 12.8 Å². The Morgan fingerprint density at radius 3 is 2.52 bits per heavy atom. The highest BCUT2D eigenvalue weighted by atomic mass is 16.5. The fraction of sp³-hybridized carbons (Fsp3) is 0.938. The van der Waals surface area contributed by atoms with Crippen molar-refractivity contribution in [3.05, 3.63) is 0 Å². The fourth-order valence-corrected chi connectivity index (χ4v) is 3.05. The predicted octanol–water partition coefficient (Wildman–Crippen LogP) is 0.945. The minimum absolute atomic E-state index is 0.221. The van der Waals surface area contributed by atoms with Crippen molar-refractivity contribution in [3.63, 3.8) is 0 Å². The third kappa shape index (κ3) is 5.24. The van der Waals surface area contributed by atoms with Crippen LogP contribution in [0.3, 0.4) is 0 Å². The van der Waals surface area contributed by atoms with Gasteiger partial charge in [0.1, 0.15) is 0 Å². The number of methoxy groups -OCH3 is 1. The molecule has 2 rings (SSSR count). The normalized spacial score (nSPS) is 22.2. The van der Waals surface area contributed by atoms with E-state index in [1.54, 1.807) is 12.0 Å². The van der Waals surface area contributed by atoms with Gasteiger partial charge >= 0.3 is 0 Å². The molecular weight excluding hydrogens is 266 g/mol. The molecule has 1 amide bonds. The Balaban J connectivity index is 1.74. The number of nitrogens with one attached hydrogen (secondary N) is 1. The van der Waals surface area contributed by atoms with E-state index in [2.05, 4.69) is 10.2 Å². The number of ether oxygens (including phenoxy) is 1. The van der Waals surface area contributed by atoms with Crippen molar-refractivity contribution in [1.82, 2.24) is 15.1 Å². The Bertz CT molecular complexity index is 334. The number of amides is 1. The summed E-state index contributed by atoms with van der Waals surface area (Å²) in [5.74, 6) is 0.221. The smallest absolute Gasteiger partial charge is 0.223 e. The van der Waals surface area contributed by atoms with Crippen LogP contribution >= 0.6 is 0 Å². The molecule has 0 aromatic carbocycles. The van der Waals surface area contributed by atoms with Crippen molar-refractivity contribution in [1.29, 1.82) is 0 Å². The molecule has 21 heavy (non-hydrogen) atoms. The van der Waals surface area contributed by atoms with Crippen LogP contribution in [-0.4, -0.2) is 75.7 Å². The number of rotatable bonds is 8. The van der Waals surface area contributed by atoms with Crippen LogP contribution in [0.1, 0.15) is 32.1 Å². The number of hydrogen-bond acceptors (Lipinski definition) is 4. The van der Waals surface area contributed by atoms with E-state index >= 15 is 0 Å². The highest BCUT2D eigenvalue weighted by molar-refractivity contribution is 5.75. The summed E-state index contributed by atoms with van der Waals surface area (Å²) in [5, 5.41) is 3.67. The zero-order valence-electron chi connectivity index (χ0n) is 13.9. The fourth-order valence-electron chi connectivity index (χ4n) is 3.05. The van der Waals surface area contributed by atoms with E-state index in [0.717, 1.165) is 51.7 Å². The largest absolute Gasteiger partial charge is 0.384 e. The second-order valence-corrected chi connectivity index (χ2v) is 6.97.